The lowest BCUT2D eigenvalue weighted by molar-refractivity contribution is 0.406. The van der Waals surface area contributed by atoms with E-state index in [-0.39, 0.29) is 16.6 Å². The first-order valence-corrected chi connectivity index (χ1v) is 7.94. The van der Waals surface area contributed by atoms with E-state index in [1.807, 2.05) is 84.0 Å². The van der Waals surface area contributed by atoms with Crippen LogP contribution in [0.25, 0.3) is 12.2 Å². The second-order valence-electron chi connectivity index (χ2n) is 7.87. The number of rotatable bonds is 2. The van der Waals surface area contributed by atoms with Crippen molar-refractivity contribution in [3.05, 3.63) is 53.1 Å². The Morgan fingerprint density at radius 2 is 1.26 bits per heavy atom. The van der Waals surface area contributed by atoms with Crippen molar-refractivity contribution in [1.82, 2.24) is 9.97 Å². The number of hydrogen-bond acceptors (Lipinski definition) is 3. The Kier molecular flexibility index (Phi) is 4.60. The van der Waals surface area contributed by atoms with Crippen LogP contribution in [0.15, 0.2) is 30.3 Å². The number of nitrogens with zero attached hydrogens (tertiary/aromatic N) is 2. The highest BCUT2D eigenvalue weighted by Gasteiger charge is 2.28. The van der Waals surface area contributed by atoms with Crippen molar-refractivity contribution >= 4 is 12.2 Å². The van der Waals surface area contributed by atoms with Crippen LogP contribution in [0.1, 0.15) is 64.3 Å². The van der Waals surface area contributed by atoms with Gasteiger partial charge in [0, 0.05) is 10.8 Å². The minimum atomic E-state index is -0.248. The van der Waals surface area contributed by atoms with E-state index in [0.717, 1.165) is 5.56 Å². The Hall–Kier alpha value is -2.16. The zero-order valence-electron chi connectivity index (χ0n) is 14.9. The van der Waals surface area contributed by atoms with Crippen LogP contribution in [0.4, 0.5) is 0 Å². The van der Waals surface area contributed by atoms with Gasteiger partial charge in [0.25, 0.3) is 0 Å². The average molecular weight is 310 g/mol. The minimum absolute atomic E-state index is 0.210. The summed E-state index contributed by atoms with van der Waals surface area (Å²) in [6, 6.07) is 10.1. The van der Waals surface area contributed by atoms with Crippen molar-refractivity contribution in [2.24, 2.45) is 0 Å². The van der Waals surface area contributed by atoms with Gasteiger partial charge >= 0.3 is 0 Å². The number of hydrogen-bond donors (Lipinski definition) is 1. The molecule has 0 bridgehead atoms. The Morgan fingerprint density at radius 3 is 1.70 bits per heavy atom. The fourth-order valence-corrected chi connectivity index (χ4v) is 2.33. The van der Waals surface area contributed by atoms with Crippen molar-refractivity contribution in [2.75, 3.05) is 0 Å². The summed E-state index contributed by atoms with van der Waals surface area (Å²) in [5, 5.41) is 10.6. The first kappa shape index (κ1) is 17.2. The Labute approximate surface area is 139 Å². The highest BCUT2D eigenvalue weighted by molar-refractivity contribution is 5.67. The molecule has 2 aromatic rings. The van der Waals surface area contributed by atoms with Crippen molar-refractivity contribution in [3.63, 3.8) is 0 Å². The zero-order valence-corrected chi connectivity index (χ0v) is 14.9. The van der Waals surface area contributed by atoms with Gasteiger partial charge in [-0.2, -0.15) is 0 Å². The highest BCUT2D eigenvalue weighted by Crippen LogP contribution is 2.36. The molecule has 0 amide bonds. The molecule has 0 aliphatic rings. The average Bonchev–Trinajstić information content (AvgIpc) is 2.44. The van der Waals surface area contributed by atoms with Crippen LogP contribution < -0.4 is 0 Å². The maximum Gasteiger partial charge on any atom is 0.159 e. The van der Waals surface area contributed by atoms with E-state index in [1.165, 1.54) is 0 Å². The second-order valence-corrected chi connectivity index (χ2v) is 7.87. The van der Waals surface area contributed by atoms with Crippen molar-refractivity contribution in [3.8, 4) is 5.75 Å². The summed E-state index contributed by atoms with van der Waals surface area (Å²) in [4.78, 5) is 9.17. The van der Waals surface area contributed by atoms with Crippen LogP contribution in [0.5, 0.6) is 5.75 Å². The predicted octanol–water partition coefficient (Wildman–Crippen LogP) is 4.95. The van der Waals surface area contributed by atoms with Crippen LogP contribution in [0.3, 0.4) is 0 Å². The fraction of sp³-hybridized carbons (Fsp3) is 0.400. The number of aromatic nitrogens is 2. The number of benzene rings is 1. The largest absolute Gasteiger partial charge is 0.504 e. The molecule has 23 heavy (non-hydrogen) atoms. The molecule has 0 fully saturated rings. The van der Waals surface area contributed by atoms with Crippen LogP contribution in [0, 0.1) is 0 Å². The van der Waals surface area contributed by atoms with E-state index in [1.54, 1.807) is 0 Å². The SMILES string of the molecule is CC(C)(C)c1nc(/C=C/c2ccccc2)nc(C(C)(C)C)c1O. The van der Waals surface area contributed by atoms with Crippen molar-refractivity contribution < 1.29 is 5.11 Å². The Bertz CT molecular complexity index is 670. The molecule has 1 aromatic carbocycles. The van der Waals surface area contributed by atoms with Crippen LogP contribution in [-0.4, -0.2) is 15.1 Å². The Morgan fingerprint density at radius 1 is 0.783 bits per heavy atom. The quantitative estimate of drug-likeness (QED) is 0.854. The standard InChI is InChI=1S/C20H26N2O/c1-19(2,3)17-16(23)18(20(4,5)6)22-15(21-17)13-12-14-10-8-7-9-11-14/h7-13,23H,1-6H3/b13-12+. The molecule has 0 saturated carbocycles. The van der Waals surface area contributed by atoms with E-state index < -0.39 is 0 Å². The molecule has 0 spiro atoms. The predicted molar refractivity (Wildman–Crippen MR) is 96.5 cm³/mol. The van der Waals surface area contributed by atoms with Gasteiger partial charge in [0.15, 0.2) is 11.6 Å². The third kappa shape index (κ3) is 4.19. The van der Waals surface area contributed by atoms with Gasteiger partial charge in [0.05, 0.1) is 11.4 Å². The molecule has 0 unspecified atom stereocenters. The molecule has 1 N–H and O–H groups in total. The molecule has 2 rings (SSSR count). The molecule has 0 radical (unpaired) electrons. The summed E-state index contributed by atoms with van der Waals surface area (Å²) in [7, 11) is 0. The molecular weight excluding hydrogens is 284 g/mol. The van der Waals surface area contributed by atoms with Gasteiger partial charge < -0.3 is 5.11 Å². The molecule has 0 aliphatic carbocycles. The lowest BCUT2D eigenvalue weighted by atomic mass is 9.85. The van der Waals surface area contributed by atoms with E-state index >= 15 is 0 Å². The molecule has 3 nitrogen and oxygen atoms in total. The molecule has 0 saturated heterocycles. The lowest BCUT2D eigenvalue weighted by Crippen LogP contribution is -2.21. The molecule has 1 aromatic heterocycles. The van der Waals surface area contributed by atoms with E-state index in [2.05, 4.69) is 9.97 Å². The first-order valence-electron chi connectivity index (χ1n) is 7.94. The third-order valence-electron chi connectivity index (χ3n) is 3.55. The first-order chi connectivity index (χ1) is 10.6. The summed E-state index contributed by atoms with van der Waals surface area (Å²) in [5.74, 6) is 0.836. The monoisotopic (exact) mass is 310 g/mol. The van der Waals surface area contributed by atoms with E-state index in [4.69, 9.17) is 0 Å². The Balaban J connectivity index is 2.54. The zero-order chi connectivity index (χ0) is 17.3. The highest BCUT2D eigenvalue weighted by atomic mass is 16.3. The summed E-state index contributed by atoms with van der Waals surface area (Å²) in [6.07, 6.45) is 3.89. The van der Waals surface area contributed by atoms with Gasteiger partial charge in [-0.25, -0.2) is 9.97 Å². The van der Waals surface area contributed by atoms with Gasteiger partial charge in [-0.1, -0.05) is 78.0 Å². The van der Waals surface area contributed by atoms with Crippen LogP contribution in [-0.2, 0) is 10.8 Å². The molecule has 3 heteroatoms. The lowest BCUT2D eigenvalue weighted by Gasteiger charge is -2.25. The fourth-order valence-electron chi connectivity index (χ4n) is 2.33. The van der Waals surface area contributed by atoms with Gasteiger partial charge in [-0.15, -0.1) is 0 Å². The van der Waals surface area contributed by atoms with E-state index in [0.29, 0.717) is 17.2 Å². The van der Waals surface area contributed by atoms with E-state index in [9.17, 15) is 5.11 Å². The van der Waals surface area contributed by atoms with Gasteiger partial charge in [0.1, 0.15) is 0 Å². The second kappa shape index (κ2) is 6.15. The van der Waals surface area contributed by atoms with Crippen molar-refractivity contribution in [2.45, 2.75) is 52.4 Å². The maximum atomic E-state index is 10.6. The topological polar surface area (TPSA) is 46.0 Å². The summed E-state index contributed by atoms with van der Waals surface area (Å²) < 4.78 is 0. The maximum absolute atomic E-state index is 10.6. The van der Waals surface area contributed by atoms with Crippen LogP contribution >= 0.6 is 0 Å². The van der Waals surface area contributed by atoms with Gasteiger partial charge in [-0.3, -0.25) is 0 Å². The third-order valence-corrected chi connectivity index (χ3v) is 3.55. The van der Waals surface area contributed by atoms with Gasteiger partial charge in [0.2, 0.25) is 0 Å². The van der Waals surface area contributed by atoms with Crippen LogP contribution in [0.2, 0.25) is 0 Å². The molecule has 0 atom stereocenters. The normalized spacial score (nSPS) is 12.8. The number of aromatic hydroxyl groups is 1. The summed E-state index contributed by atoms with van der Waals surface area (Å²) >= 11 is 0. The molecular formula is C20H26N2O. The molecule has 122 valence electrons. The summed E-state index contributed by atoms with van der Waals surface area (Å²) in [5.41, 5.74) is 1.97. The smallest absolute Gasteiger partial charge is 0.159 e. The molecule has 0 aliphatic heterocycles. The molecule has 1 heterocycles. The van der Waals surface area contributed by atoms with Gasteiger partial charge in [-0.05, 0) is 11.6 Å². The van der Waals surface area contributed by atoms with Crippen molar-refractivity contribution in [1.29, 1.82) is 0 Å². The minimum Gasteiger partial charge on any atom is -0.504 e. The summed E-state index contributed by atoms with van der Waals surface area (Å²) in [6.45, 7) is 12.3.